The molecule has 0 spiro atoms. The van der Waals surface area contributed by atoms with Crippen molar-refractivity contribution < 1.29 is 9.47 Å². The summed E-state index contributed by atoms with van der Waals surface area (Å²) in [6.45, 7) is 8.45. The Morgan fingerprint density at radius 2 is 1.97 bits per heavy atom. The summed E-state index contributed by atoms with van der Waals surface area (Å²) >= 11 is 0. The molecule has 1 unspecified atom stereocenters. The van der Waals surface area contributed by atoms with E-state index in [0.717, 1.165) is 42.4 Å². The van der Waals surface area contributed by atoms with Gasteiger partial charge in [-0.1, -0.05) is 12.1 Å². The van der Waals surface area contributed by atoms with Crippen LogP contribution in [-0.4, -0.2) is 49.1 Å². The molecule has 2 aromatic rings. The van der Waals surface area contributed by atoms with Crippen LogP contribution in [0.15, 0.2) is 29.3 Å². The minimum absolute atomic E-state index is 0.258. The fraction of sp³-hybridized carbons (Fsp3) is 0.545. The molecule has 0 saturated carbocycles. The minimum atomic E-state index is 0.258. The normalized spacial score (nSPS) is 12.7. The second-order valence-electron chi connectivity index (χ2n) is 7.28. The summed E-state index contributed by atoms with van der Waals surface area (Å²) in [6.07, 6.45) is 1.82. The molecule has 0 amide bonds. The summed E-state index contributed by atoms with van der Waals surface area (Å²) in [4.78, 5) is 4.32. The molecule has 7 nitrogen and oxygen atoms in total. The van der Waals surface area contributed by atoms with E-state index >= 15 is 0 Å². The molecule has 0 aliphatic rings. The van der Waals surface area contributed by atoms with Crippen LogP contribution in [0.5, 0.6) is 5.75 Å². The Balaban J connectivity index is 1.65. The first-order valence-electron chi connectivity index (χ1n) is 10.1. The van der Waals surface area contributed by atoms with Gasteiger partial charge in [0.05, 0.1) is 19.4 Å². The average Bonchev–Trinajstić information content (AvgIpc) is 2.96. The molecule has 1 heterocycles. The van der Waals surface area contributed by atoms with E-state index < -0.39 is 0 Å². The molecule has 2 N–H and O–H groups in total. The van der Waals surface area contributed by atoms with Gasteiger partial charge in [-0.15, -0.1) is 0 Å². The van der Waals surface area contributed by atoms with Gasteiger partial charge in [0.2, 0.25) is 0 Å². The van der Waals surface area contributed by atoms with Gasteiger partial charge in [0.15, 0.2) is 5.96 Å². The summed E-state index contributed by atoms with van der Waals surface area (Å²) in [5.41, 5.74) is 4.75. The van der Waals surface area contributed by atoms with E-state index in [0.29, 0.717) is 13.2 Å². The maximum absolute atomic E-state index is 5.75. The maximum atomic E-state index is 5.75. The van der Waals surface area contributed by atoms with Crippen molar-refractivity contribution >= 4 is 5.96 Å². The van der Waals surface area contributed by atoms with Crippen molar-refractivity contribution in [1.82, 2.24) is 20.4 Å². The van der Waals surface area contributed by atoms with Gasteiger partial charge in [0.25, 0.3) is 0 Å². The van der Waals surface area contributed by atoms with Gasteiger partial charge in [0, 0.05) is 39.0 Å². The molecular formula is C22H35N5O2. The number of aliphatic imine (C=N–C) groups is 1. The topological polar surface area (TPSA) is 72.7 Å². The van der Waals surface area contributed by atoms with E-state index in [1.165, 1.54) is 11.3 Å². The fourth-order valence-corrected chi connectivity index (χ4v) is 3.19. The summed E-state index contributed by atoms with van der Waals surface area (Å²) in [5.74, 6) is 1.67. The lowest BCUT2D eigenvalue weighted by Gasteiger charge is -2.18. The molecule has 1 atom stereocenters. The number of ether oxygens (including phenoxy) is 2. The molecule has 1 aromatic carbocycles. The smallest absolute Gasteiger partial charge is 0.191 e. The molecule has 0 saturated heterocycles. The number of hydrogen-bond donors (Lipinski definition) is 2. The van der Waals surface area contributed by atoms with Gasteiger partial charge in [-0.2, -0.15) is 5.10 Å². The highest BCUT2D eigenvalue weighted by Gasteiger charge is 2.13. The van der Waals surface area contributed by atoms with Crippen LogP contribution in [0.2, 0.25) is 0 Å². The molecule has 2 rings (SSSR count). The third kappa shape index (κ3) is 7.09. The second-order valence-corrected chi connectivity index (χ2v) is 7.28. The Morgan fingerprint density at radius 3 is 2.55 bits per heavy atom. The summed E-state index contributed by atoms with van der Waals surface area (Å²) in [5, 5.41) is 11.3. The zero-order valence-electron chi connectivity index (χ0n) is 18.6. The highest BCUT2D eigenvalue weighted by Crippen LogP contribution is 2.14. The first kappa shape index (κ1) is 22.7. The molecule has 0 radical (unpaired) electrons. The van der Waals surface area contributed by atoms with Crippen molar-refractivity contribution in [2.45, 2.75) is 46.3 Å². The number of hydrogen-bond acceptors (Lipinski definition) is 4. The van der Waals surface area contributed by atoms with Crippen LogP contribution in [0, 0.1) is 13.8 Å². The van der Waals surface area contributed by atoms with E-state index in [1.54, 1.807) is 14.2 Å². The molecular weight excluding hydrogens is 366 g/mol. The lowest BCUT2D eigenvalue weighted by atomic mass is 10.1. The van der Waals surface area contributed by atoms with Gasteiger partial charge < -0.3 is 20.1 Å². The van der Waals surface area contributed by atoms with E-state index in [1.807, 2.05) is 36.0 Å². The molecule has 160 valence electrons. The monoisotopic (exact) mass is 401 g/mol. The van der Waals surface area contributed by atoms with Crippen LogP contribution < -0.4 is 15.4 Å². The summed E-state index contributed by atoms with van der Waals surface area (Å²) in [7, 11) is 5.45. The lowest BCUT2D eigenvalue weighted by molar-refractivity contribution is 0.119. The Labute approximate surface area is 174 Å². The third-order valence-corrected chi connectivity index (χ3v) is 4.96. The quantitative estimate of drug-likeness (QED) is 0.364. The van der Waals surface area contributed by atoms with Crippen molar-refractivity contribution in [1.29, 1.82) is 0 Å². The molecule has 0 aliphatic heterocycles. The Hall–Kier alpha value is -2.54. The Kier molecular flexibility index (Phi) is 8.99. The van der Waals surface area contributed by atoms with Crippen LogP contribution >= 0.6 is 0 Å². The highest BCUT2D eigenvalue weighted by atomic mass is 16.5. The first-order chi connectivity index (χ1) is 13.9. The first-order valence-corrected chi connectivity index (χ1v) is 10.1. The van der Waals surface area contributed by atoms with Gasteiger partial charge >= 0.3 is 0 Å². The molecule has 0 bridgehead atoms. The largest absolute Gasteiger partial charge is 0.497 e. The predicted molar refractivity (Wildman–Crippen MR) is 118 cm³/mol. The van der Waals surface area contributed by atoms with Crippen molar-refractivity contribution in [2.75, 3.05) is 27.3 Å². The second kappa shape index (κ2) is 11.5. The fourth-order valence-electron chi connectivity index (χ4n) is 3.19. The van der Waals surface area contributed by atoms with Crippen LogP contribution in [0.25, 0.3) is 0 Å². The Morgan fingerprint density at radius 1 is 1.24 bits per heavy atom. The number of guanidine groups is 1. The third-order valence-electron chi connectivity index (χ3n) is 4.96. The van der Waals surface area contributed by atoms with Gasteiger partial charge in [-0.3, -0.25) is 9.67 Å². The number of nitrogens with one attached hydrogen (secondary N) is 2. The van der Waals surface area contributed by atoms with Crippen molar-refractivity contribution in [3.8, 4) is 5.75 Å². The van der Waals surface area contributed by atoms with Gasteiger partial charge in [-0.05, 0) is 56.9 Å². The lowest BCUT2D eigenvalue weighted by Crippen LogP contribution is -2.43. The van der Waals surface area contributed by atoms with Crippen LogP contribution in [0.1, 0.15) is 35.9 Å². The average molecular weight is 402 g/mol. The molecule has 29 heavy (non-hydrogen) atoms. The maximum Gasteiger partial charge on any atom is 0.191 e. The molecule has 0 aliphatic carbocycles. The Bertz CT molecular complexity index is 783. The van der Waals surface area contributed by atoms with Gasteiger partial charge in [-0.25, -0.2) is 0 Å². The molecule has 1 aromatic heterocycles. The number of benzene rings is 1. The standard InChI is InChI=1S/C22H35N5O2/c1-16(14-21-17(2)26-27(5)18(21)3)25-22(23-4)24-12-7-13-29-15-19-8-10-20(28-6)11-9-19/h8-11,16H,7,12-15H2,1-6H3,(H2,23,24,25). The number of rotatable bonds is 10. The number of aryl methyl sites for hydroxylation is 2. The molecule has 0 fully saturated rings. The van der Waals surface area contributed by atoms with E-state index in [9.17, 15) is 0 Å². The molecule has 7 heteroatoms. The van der Waals surface area contributed by atoms with Gasteiger partial charge in [0.1, 0.15) is 5.75 Å². The number of nitrogens with zero attached hydrogens (tertiary/aromatic N) is 3. The van der Waals surface area contributed by atoms with Crippen molar-refractivity contribution in [2.24, 2.45) is 12.0 Å². The summed E-state index contributed by atoms with van der Waals surface area (Å²) < 4.78 is 12.9. The SMILES string of the molecule is CN=C(NCCCOCc1ccc(OC)cc1)NC(C)Cc1c(C)nn(C)c1C. The van der Waals surface area contributed by atoms with Crippen LogP contribution in [0.3, 0.4) is 0 Å². The predicted octanol–water partition coefficient (Wildman–Crippen LogP) is 2.75. The highest BCUT2D eigenvalue weighted by molar-refractivity contribution is 5.79. The van der Waals surface area contributed by atoms with Crippen molar-refractivity contribution in [3.05, 3.63) is 46.8 Å². The van der Waals surface area contributed by atoms with Crippen LogP contribution in [0.4, 0.5) is 0 Å². The summed E-state index contributed by atoms with van der Waals surface area (Å²) in [6, 6.07) is 8.21. The minimum Gasteiger partial charge on any atom is -0.497 e. The van der Waals surface area contributed by atoms with E-state index in [-0.39, 0.29) is 6.04 Å². The van der Waals surface area contributed by atoms with E-state index in [4.69, 9.17) is 9.47 Å². The van der Waals surface area contributed by atoms with Crippen LogP contribution in [-0.2, 0) is 24.8 Å². The zero-order chi connectivity index (χ0) is 21.2. The number of aromatic nitrogens is 2. The van der Waals surface area contributed by atoms with E-state index in [2.05, 4.69) is 41.5 Å². The number of methoxy groups -OCH3 is 1. The zero-order valence-corrected chi connectivity index (χ0v) is 18.6. The van der Waals surface area contributed by atoms with Crippen molar-refractivity contribution in [3.63, 3.8) is 0 Å².